The summed E-state index contributed by atoms with van der Waals surface area (Å²) in [5.41, 5.74) is 3.42. The fourth-order valence-electron chi connectivity index (χ4n) is 2.91. The van der Waals surface area contributed by atoms with E-state index in [4.69, 9.17) is 9.47 Å². The number of carbonyl (C=O) groups is 2. The van der Waals surface area contributed by atoms with Crippen molar-refractivity contribution in [2.45, 2.75) is 53.4 Å². The molecule has 0 heterocycles. The number of rotatable bonds is 6. The number of amides is 1. The molecular weight excluding hydrogens is 354 g/mol. The molecule has 0 saturated heterocycles. The third kappa shape index (κ3) is 7.43. The van der Waals surface area contributed by atoms with E-state index in [1.54, 1.807) is 20.8 Å². The number of benzene rings is 2. The third-order valence-electron chi connectivity index (χ3n) is 3.86. The SMILES string of the molecule is Cc1cc(C)cc(CN(CC(=O)OC(C)(C)C)C(=O)OCc2ccccc2)c1. The molecule has 0 spiro atoms. The van der Waals surface area contributed by atoms with Gasteiger partial charge in [-0.25, -0.2) is 4.79 Å². The van der Waals surface area contributed by atoms with Crippen molar-refractivity contribution in [1.82, 2.24) is 4.90 Å². The zero-order chi connectivity index (χ0) is 20.7. The molecule has 0 aliphatic rings. The first-order valence-electron chi connectivity index (χ1n) is 9.37. The molecule has 0 N–H and O–H groups in total. The van der Waals surface area contributed by atoms with Crippen LogP contribution < -0.4 is 0 Å². The first-order valence-corrected chi connectivity index (χ1v) is 9.37. The maximum atomic E-state index is 12.7. The van der Waals surface area contributed by atoms with Crippen molar-refractivity contribution in [2.75, 3.05) is 6.54 Å². The van der Waals surface area contributed by atoms with Gasteiger partial charge in [-0.2, -0.15) is 0 Å². The molecule has 2 rings (SSSR count). The Bertz CT molecular complexity index is 789. The summed E-state index contributed by atoms with van der Waals surface area (Å²) in [4.78, 5) is 26.4. The van der Waals surface area contributed by atoms with Crippen molar-refractivity contribution in [3.8, 4) is 0 Å². The van der Waals surface area contributed by atoms with E-state index in [2.05, 4.69) is 6.07 Å². The number of hydrogen-bond donors (Lipinski definition) is 0. The van der Waals surface area contributed by atoms with Crippen molar-refractivity contribution < 1.29 is 19.1 Å². The predicted octanol–water partition coefficient (Wildman–Crippen LogP) is 4.78. The van der Waals surface area contributed by atoms with Gasteiger partial charge in [0.25, 0.3) is 0 Å². The largest absolute Gasteiger partial charge is 0.459 e. The monoisotopic (exact) mass is 383 g/mol. The van der Waals surface area contributed by atoms with Crippen molar-refractivity contribution in [2.24, 2.45) is 0 Å². The van der Waals surface area contributed by atoms with Crippen LogP contribution in [0.2, 0.25) is 0 Å². The molecule has 150 valence electrons. The minimum absolute atomic E-state index is 0.150. The highest BCUT2D eigenvalue weighted by Gasteiger charge is 2.23. The first-order chi connectivity index (χ1) is 13.1. The first kappa shape index (κ1) is 21.5. The van der Waals surface area contributed by atoms with Crippen molar-refractivity contribution in [1.29, 1.82) is 0 Å². The topological polar surface area (TPSA) is 55.8 Å². The second-order valence-corrected chi connectivity index (χ2v) is 7.98. The molecule has 0 saturated carbocycles. The second kappa shape index (κ2) is 9.40. The van der Waals surface area contributed by atoms with E-state index < -0.39 is 17.7 Å². The molecule has 0 fully saturated rings. The second-order valence-electron chi connectivity index (χ2n) is 7.98. The number of esters is 1. The standard InChI is InChI=1S/C23H29NO4/c1-17-11-18(2)13-20(12-17)14-24(15-21(25)28-23(3,4)5)22(26)27-16-19-9-7-6-8-10-19/h6-13H,14-16H2,1-5H3. The van der Waals surface area contributed by atoms with E-state index in [9.17, 15) is 9.59 Å². The van der Waals surface area contributed by atoms with Gasteiger partial charge in [-0.1, -0.05) is 59.7 Å². The van der Waals surface area contributed by atoms with Gasteiger partial charge in [0.1, 0.15) is 18.8 Å². The number of carbonyl (C=O) groups excluding carboxylic acids is 2. The molecule has 2 aromatic rings. The fraction of sp³-hybridized carbons (Fsp3) is 0.391. The Morgan fingerprint density at radius 2 is 1.54 bits per heavy atom. The zero-order valence-electron chi connectivity index (χ0n) is 17.3. The molecule has 0 aliphatic heterocycles. The van der Waals surface area contributed by atoms with Crippen LogP contribution in [0.3, 0.4) is 0 Å². The van der Waals surface area contributed by atoms with Gasteiger partial charge in [-0.3, -0.25) is 9.69 Å². The quantitative estimate of drug-likeness (QED) is 0.674. The van der Waals surface area contributed by atoms with E-state index in [-0.39, 0.29) is 19.7 Å². The summed E-state index contributed by atoms with van der Waals surface area (Å²) in [5.74, 6) is -0.464. The highest BCUT2D eigenvalue weighted by molar-refractivity contribution is 5.78. The number of aryl methyl sites for hydroxylation is 2. The van der Waals surface area contributed by atoms with E-state index in [1.165, 1.54) is 4.90 Å². The van der Waals surface area contributed by atoms with E-state index >= 15 is 0 Å². The van der Waals surface area contributed by atoms with Crippen LogP contribution in [0, 0.1) is 13.8 Å². The molecule has 2 aromatic carbocycles. The summed E-state index contributed by atoms with van der Waals surface area (Å²) in [6, 6.07) is 15.5. The van der Waals surface area contributed by atoms with Crippen LogP contribution in [-0.4, -0.2) is 29.1 Å². The molecule has 0 radical (unpaired) electrons. The van der Waals surface area contributed by atoms with Crippen LogP contribution in [-0.2, 0) is 27.4 Å². The Balaban J connectivity index is 2.12. The summed E-state index contributed by atoms with van der Waals surface area (Å²) in [6.45, 7) is 9.65. The number of nitrogens with zero attached hydrogens (tertiary/aromatic N) is 1. The van der Waals surface area contributed by atoms with Crippen LogP contribution in [0.4, 0.5) is 4.79 Å². The Labute approximate surface area is 167 Å². The van der Waals surface area contributed by atoms with Gasteiger partial charge >= 0.3 is 12.1 Å². The van der Waals surface area contributed by atoms with Gasteiger partial charge < -0.3 is 9.47 Å². The Kier molecular flexibility index (Phi) is 7.21. The summed E-state index contributed by atoms with van der Waals surface area (Å²) in [5, 5.41) is 0. The average molecular weight is 383 g/mol. The Morgan fingerprint density at radius 3 is 2.11 bits per heavy atom. The van der Waals surface area contributed by atoms with Crippen molar-refractivity contribution in [3.63, 3.8) is 0 Å². The normalized spacial score (nSPS) is 11.0. The lowest BCUT2D eigenvalue weighted by atomic mass is 10.1. The van der Waals surface area contributed by atoms with Gasteiger partial charge in [0.15, 0.2) is 0 Å². The maximum Gasteiger partial charge on any atom is 0.410 e. The van der Waals surface area contributed by atoms with Gasteiger partial charge in [-0.15, -0.1) is 0 Å². The lowest BCUT2D eigenvalue weighted by Crippen LogP contribution is -2.38. The highest BCUT2D eigenvalue weighted by atomic mass is 16.6. The van der Waals surface area contributed by atoms with Crippen LogP contribution in [0.5, 0.6) is 0 Å². The van der Waals surface area contributed by atoms with Gasteiger partial charge in [-0.05, 0) is 45.7 Å². The molecule has 5 heteroatoms. The fourth-order valence-corrected chi connectivity index (χ4v) is 2.91. The molecular formula is C23H29NO4. The van der Waals surface area contributed by atoms with Crippen LogP contribution in [0.15, 0.2) is 48.5 Å². The summed E-state index contributed by atoms with van der Waals surface area (Å²) < 4.78 is 10.8. The van der Waals surface area contributed by atoms with Crippen LogP contribution in [0.25, 0.3) is 0 Å². The Morgan fingerprint density at radius 1 is 0.929 bits per heavy atom. The predicted molar refractivity (Wildman–Crippen MR) is 109 cm³/mol. The summed E-state index contributed by atoms with van der Waals surface area (Å²) in [6.07, 6.45) is -0.547. The van der Waals surface area contributed by atoms with Gasteiger partial charge in [0.2, 0.25) is 0 Å². The minimum atomic E-state index is -0.614. The minimum Gasteiger partial charge on any atom is -0.459 e. The van der Waals surface area contributed by atoms with Gasteiger partial charge in [0, 0.05) is 6.54 Å². The molecule has 28 heavy (non-hydrogen) atoms. The zero-order valence-corrected chi connectivity index (χ0v) is 17.3. The number of ether oxygens (including phenoxy) is 2. The number of hydrogen-bond acceptors (Lipinski definition) is 4. The molecule has 1 amide bonds. The maximum absolute atomic E-state index is 12.7. The molecule has 0 unspecified atom stereocenters. The summed E-state index contributed by atoms with van der Waals surface area (Å²) in [7, 11) is 0. The van der Waals surface area contributed by atoms with E-state index in [1.807, 2.05) is 56.3 Å². The lowest BCUT2D eigenvalue weighted by molar-refractivity contribution is -0.155. The van der Waals surface area contributed by atoms with Crippen molar-refractivity contribution in [3.05, 3.63) is 70.8 Å². The molecule has 5 nitrogen and oxygen atoms in total. The smallest absolute Gasteiger partial charge is 0.410 e. The van der Waals surface area contributed by atoms with E-state index in [0.717, 1.165) is 22.3 Å². The van der Waals surface area contributed by atoms with Crippen LogP contribution in [0.1, 0.15) is 43.0 Å². The third-order valence-corrected chi connectivity index (χ3v) is 3.86. The lowest BCUT2D eigenvalue weighted by Gasteiger charge is -2.25. The van der Waals surface area contributed by atoms with Crippen LogP contribution >= 0.6 is 0 Å². The van der Waals surface area contributed by atoms with E-state index in [0.29, 0.717) is 0 Å². The van der Waals surface area contributed by atoms with Gasteiger partial charge in [0.05, 0.1) is 0 Å². The summed E-state index contributed by atoms with van der Waals surface area (Å²) >= 11 is 0. The highest BCUT2D eigenvalue weighted by Crippen LogP contribution is 2.14. The van der Waals surface area contributed by atoms with Crippen molar-refractivity contribution >= 4 is 12.1 Å². The molecule has 0 aromatic heterocycles. The molecule has 0 bridgehead atoms. The molecule has 0 aliphatic carbocycles. The average Bonchev–Trinajstić information content (AvgIpc) is 2.57. The Hall–Kier alpha value is -2.82. The molecule has 0 atom stereocenters.